The molecule has 1 aromatic carbocycles. The van der Waals surface area contributed by atoms with Gasteiger partial charge in [-0.15, -0.1) is 0 Å². The summed E-state index contributed by atoms with van der Waals surface area (Å²) in [5.41, 5.74) is 4.51. The molecule has 1 saturated heterocycles. The maximum Gasteiger partial charge on any atom is 0.0175 e. The molecule has 1 nitrogen and oxygen atoms in total. The van der Waals surface area contributed by atoms with Crippen molar-refractivity contribution in [1.82, 2.24) is 4.90 Å². The monoisotopic (exact) mass is 229 g/mol. The summed E-state index contributed by atoms with van der Waals surface area (Å²) in [4.78, 5) is 2.57. The number of likely N-dealkylation sites (tertiary alicyclic amines) is 1. The second-order valence-corrected chi connectivity index (χ2v) is 4.53. The van der Waals surface area contributed by atoms with Gasteiger partial charge in [0.1, 0.15) is 0 Å². The predicted molar refractivity (Wildman–Crippen MR) is 74.9 cm³/mol. The van der Waals surface area contributed by atoms with Crippen molar-refractivity contribution in [3.05, 3.63) is 41.1 Å². The van der Waals surface area contributed by atoms with Crippen LogP contribution in [0.25, 0.3) is 6.08 Å². The summed E-state index contributed by atoms with van der Waals surface area (Å²) in [6.45, 7) is 6.54. The molecule has 0 aromatic heterocycles. The predicted octanol–water partition coefficient (Wildman–Crippen LogP) is 4.10. The van der Waals surface area contributed by atoms with Crippen LogP contribution in [0.1, 0.15) is 44.2 Å². The Bertz CT molecular complexity index is 386. The van der Waals surface area contributed by atoms with E-state index in [1.165, 1.54) is 49.9 Å². The molecule has 0 N–H and O–H groups in total. The van der Waals surface area contributed by atoms with Gasteiger partial charge in [0.25, 0.3) is 0 Å². The summed E-state index contributed by atoms with van der Waals surface area (Å²) in [5.74, 6) is 0. The van der Waals surface area contributed by atoms with Crippen molar-refractivity contribution in [3.63, 3.8) is 0 Å². The second kappa shape index (κ2) is 5.90. The molecular formula is C16H23N. The minimum absolute atomic E-state index is 1.22. The largest absolute Gasteiger partial charge is 0.375 e. The summed E-state index contributed by atoms with van der Waals surface area (Å²) in [5, 5.41) is 0. The number of allylic oxidation sites excluding steroid dienone is 1. The molecule has 17 heavy (non-hydrogen) atoms. The fourth-order valence-electron chi connectivity index (χ4n) is 2.67. The minimum Gasteiger partial charge on any atom is -0.375 e. The highest BCUT2D eigenvalue weighted by Crippen LogP contribution is 2.27. The Morgan fingerprint density at radius 1 is 0.941 bits per heavy atom. The number of nitrogens with zero attached hydrogens (tertiary/aromatic N) is 1. The van der Waals surface area contributed by atoms with Gasteiger partial charge in [0.15, 0.2) is 0 Å². The summed E-state index contributed by atoms with van der Waals surface area (Å²) < 4.78 is 0. The van der Waals surface area contributed by atoms with E-state index in [1.807, 2.05) is 13.8 Å². The molecule has 1 heteroatoms. The Hall–Kier alpha value is -1.24. The minimum atomic E-state index is 1.22. The molecule has 0 radical (unpaired) electrons. The molecule has 0 bridgehead atoms. The molecule has 1 fully saturated rings. The lowest BCUT2D eigenvalue weighted by atomic mass is 9.95. The fraction of sp³-hybridized carbons (Fsp3) is 0.500. The van der Waals surface area contributed by atoms with Crippen LogP contribution in [-0.4, -0.2) is 18.0 Å². The third-order valence-corrected chi connectivity index (χ3v) is 3.54. The third kappa shape index (κ3) is 2.71. The van der Waals surface area contributed by atoms with Gasteiger partial charge in [-0.25, -0.2) is 0 Å². The first-order chi connectivity index (χ1) is 8.43. The smallest absolute Gasteiger partial charge is 0.0175 e. The first kappa shape index (κ1) is 12.2. The molecule has 2 aliphatic rings. The fourth-order valence-corrected chi connectivity index (χ4v) is 2.67. The van der Waals surface area contributed by atoms with Crippen LogP contribution in [0.5, 0.6) is 0 Å². The van der Waals surface area contributed by atoms with E-state index >= 15 is 0 Å². The highest BCUT2D eigenvalue weighted by atomic mass is 15.1. The molecule has 1 aromatic rings. The third-order valence-electron chi connectivity index (χ3n) is 3.54. The second-order valence-electron chi connectivity index (χ2n) is 4.53. The Morgan fingerprint density at radius 3 is 2.41 bits per heavy atom. The van der Waals surface area contributed by atoms with E-state index in [2.05, 4.69) is 35.2 Å². The van der Waals surface area contributed by atoms with Crippen LogP contribution in [0.2, 0.25) is 0 Å². The van der Waals surface area contributed by atoms with Gasteiger partial charge in [0.2, 0.25) is 0 Å². The summed E-state index contributed by atoms with van der Waals surface area (Å²) in [6, 6.07) is 8.78. The Labute approximate surface area is 105 Å². The summed E-state index contributed by atoms with van der Waals surface area (Å²) >= 11 is 0. The van der Waals surface area contributed by atoms with Crippen LogP contribution in [0.15, 0.2) is 30.0 Å². The van der Waals surface area contributed by atoms with E-state index in [0.29, 0.717) is 0 Å². The van der Waals surface area contributed by atoms with Crippen molar-refractivity contribution >= 4 is 6.08 Å². The molecule has 0 atom stereocenters. The van der Waals surface area contributed by atoms with Gasteiger partial charge in [-0.2, -0.15) is 0 Å². The van der Waals surface area contributed by atoms with Crippen LogP contribution in [-0.2, 0) is 6.42 Å². The number of rotatable bonds is 1. The van der Waals surface area contributed by atoms with Crippen molar-refractivity contribution in [2.45, 2.75) is 39.5 Å². The van der Waals surface area contributed by atoms with E-state index in [1.54, 1.807) is 5.70 Å². The van der Waals surface area contributed by atoms with E-state index in [9.17, 15) is 0 Å². The maximum absolute atomic E-state index is 2.57. The first-order valence-electron chi connectivity index (χ1n) is 6.97. The van der Waals surface area contributed by atoms with Crippen LogP contribution in [0.3, 0.4) is 0 Å². The van der Waals surface area contributed by atoms with Gasteiger partial charge >= 0.3 is 0 Å². The van der Waals surface area contributed by atoms with Crippen molar-refractivity contribution < 1.29 is 0 Å². The van der Waals surface area contributed by atoms with Gasteiger partial charge in [-0.3, -0.25) is 0 Å². The average molecular weight is 229 g/mol. The highest BCUT2D eigenvalue weighted by Gasteiger charge is 2.17. The lowest BCUT2D eigenvalue weighted by molar-refractivity contribution is 0.411. The van der Waals surface area contributed by atoms with E-state index in [0.717, 1.165) is 0 Å². The van der Waals surface area contributed by atoms with Gasteiger partial charge < -0.3 is 4.90 Å². The number of hydrogen-bond acceptors (Lipinski definition) is 1. The number of aryl methyl sites for hydroxylation is 1. The van der Waals surface area contributed by atoms with Gasteiger partial charge in [-0.1, -0.05) is 38.1 Å². The van der Waals surface area contributed by atoms with Crippen LogP contribution < -0.4 is 0 Å². The standard InChI is InChI=1S/C14H17N.C2H6/c1-2-6-13-11-14(8-7-12(13)5-1)15-9-3-4-10-15;1-2/h1-2,5-6,11H,3-4,7-10H2;1-2H3. The van der Waals surface area contributed by atoms with Crippen molar-refractivity contribution in [2.75, 3.05) is 13.1 Å². The van der Waals surface area contributed by atoms with Gasteiger partial charge in [-0.05, 0) is 42.9 Å². The molecule has 1 heterocycles. The Morgan fingerprint density at radius 2 is 1.65 bits per heavy atom. The molecule has 3 rings (SSSR count). The lowest BCUT2D eigenvalue weighted by Crippen LogP contribution is -2.20. The van der Waals surface area contributed by atoms with Gasteiger partial charge in [0.05, 0.1) is 0 Å². The first-order valence-corrected chi connectivity index (χ1v) is 6.97. The Balaban J connectivity index is 0.000000514. The zero-order valence-corrected chi connectivity index (χ0v) is 11.1. The zero-order valence-electron chi connectivity index (χ0n) is 11.1. The maximum atomic E-state index is 2.57. The van der Waals surface area contributed by atoms with Crippen LogP contribution in [0, 0.1) is 0 Å². The van der Waals surface area contributed by atoms with Crippen LogP contribution in [0.4, 0.5) is 0 Å². The average Bonchev–Trinajstić information content (AvgIpc) is 2.94. The van der Waals surface area contributed by atoms with Crippen LogP contribution >= 0.6 is 0 Å². The lowest BCUT2D eigenvalue weighted by Gasteiger charge is -2.25. The number of benzene rings is 1. The van der Waals surface area contributed by atoms with E-state index < -0.39 is 0 Å². The molecule has 1 aliphatic heterocycles. The Kier molecular flexibility index (Phi) is 4.24. The quantitative estimate of drug-likeness (QED) is 0.701. The topological polar surface area (TPSA) is 3.24 Å². The molecule has 0 amide bonds. The van der Waals surface area contributed by atoms with Crippen molar-refractivity contribution in [2.24, 2.45) is 0 Å². The molecule has 0 unspecified atom stereocenters. The molecule has 1 aliphatic carbocycles. The molecule has 0 saturated carbocycles. The van der Waals surface area contributed by atoms with Crippen molar-refractivity contribution in [1.29, 1.82) is 0 Å². The SMILES string of the molecule is C1=C(N2CCCC2)CCc2ccccc21.CC. The number of hydrogen-bond donors (Lipinski definition) is 0. The van der Waals surface area contributed by atoms with E-state index in [4.69, 9.17) is 0 Å². The van der Waals surface area contributed by atoms with Crippen molar-refractivity contribution in [3.8, 4) is 0 Å². The van der Waals surface area contributed by atoms with Gasteiger partial charge in [0, 0.05) is 18.8 Å². The molecule has 0 spiro atoms. The number of fused-ring (bicyclic) bond motifs is 1. The summed E-state index contributed by atoms with van der Waals surface area (Å²) in [6.07, 6.45) is 7.59. The zero-order chi connectivity index (χ0) is 12.1. The van der Waals surface area contributed by atoms with E-state index in [-0.39, 0.29) is 0 Å². The molecule has 92 valence electrons. The molecular weight excluding hydrogens is 206 g/mol. The highest BCUT2D eigenvalue weighted by molar-refractivity contribution is 5.59. The summed E-state index contributed by atoms with van der Waals surface area (Å²) in [7, 11) is 0. The normalized spacial score (nSPS) is 18.0.